The van der Waals surface area contributed by atoms with E-state index in [2.05, 4.69) is 10.3 Å². The lowest BCUT2D eigenvalue weighted by atomic mass is 10.1. The lowest BCUT2D eigenvalue weighted by molar-refractivity contribution is 0.102. The second-order valence-corrected chi connectivity index (χ2v) is 6.38. The Labute approximate surface area is 144 Å². The third-order valence-corrected chi connectivity index (χ3v) is 4.40. The van der Waals surface area contributed by atoms with Gasteiger partial charge in [0.2, 0.25) is 0 Å². The summed E-state index contributed by atoms with van der Waals surface area (Å²) in [5, 5.41) is 5.26. The Hall–Kier alpha value is -2.60. The molecule has 5 nitrogen and oxygen atoms in total. The first-order valence-electron chi connectivity index (χ1n) is 7.47. The van der Waals surface area contributed by atoms with Gasteiger partial charge in [0.25, 0.3) is 5.91 Å². The number of rotatable bonds is 4. The van der Waals surface area contributed by atoms with Crippen molar-refractivity contribution in [3.05, 3.63) is 52.3 Å². The first-order chi connectivity index (χ1) is 11.5. The van der Waals surface area contributed by atoms with Crippen LogP contribution in [0.2, 0.25) is 0 Å². The fourth-order valence-electron chi connectivity index (χ4n) is 2.50. The van der Waals surface area contributed by atoms with Gasteiger partial charge in [-0.3, -0.25) is 10.1 Å². The normalized spacial score (nSPS) is 10.7. The van der Waals surface area contributed by atoms with Crippen LogP contribution in [0.25, 0.3) is 11.3 Å². The van der Waals surface area contributed by atoms with Crippen LogP contribution < -0.4 is 10.1 Å². The number of anilines is 1. The molecule has 0 saturated heterocycles. The quantitative estimate of drug-likeness (QED) is 0.753. The molecule has 0 aliphatic rings. The van der Waals surface area contributed by atoms with Crippen LogP contribution in [-0.4, -0.2) is 18.0 Å². The van der Waals surface area contributed by atoms with Gasteiger partial charge >= 0.3 is 0 Å². The Morgan fingerprint density at radius 3 is 2.71 bits per heavy atom. The molecule has 0 aliphatic carbocycles. The van der Waals surface area contributed by atoms with Gasteiger partial charge in [-0.1, -0.05) is 11.6 Å². The van der Waals surface area contributed by atoms with E-state index in [4.69, 9.17) is 9.15 Å². The number of aryl methyl sites for hydroxylation is 3. The number of carbonyl (C=O) groups excluding carboxylic acids is 1. The number of benzene rings is 1. The Kier molecular flexibility index (Phi) is 4.40. The van der Waals surface area contributed by atoms with Crippen molar-refractivity contribution in [3.63, 3.8) is 0 Å². The minimum atomic E-state index is -0.221. The predicted octanol–water partition coefficient (Wildman–Crippen LogP) is 4.59. The Bertz CT molecular complexity index is 896. The summed E-state index contributed by atoms with van der Waals surface area (Å²) in [6.07, 6.45) is 0. The lowest BCUT2D eigenvalue weighted by Gasteiger charge is -2.07. The van der Waals surface area contributed by atoms with Crippen molar-refractivity contribution < 1.29 is 13.9 Å². The highest BCUT2D eigenvalue weighted by Gasteiger charge is 2.16. The van der Waals surface area contributed by atoms with Gasteiger partial charge in [-0.05, 0) is 39.0 Å². The minimum Gasteiger partial charge on any atom is -0.496 e. The molecule has 6 heteroatoms. The van der Waals surface area contributed by atoms with Crippen LogP contribution in [0.4, 0.5) is 5.13 Å². The molecule has 3 aromatic rings. The van der Waals surface area contributed by atoms with Gasteiger partial charge in [0.15, 0.2) is 5.13 Å². The zero-order valence-corrected chi connectivity index (χ0v) is 14.8. The first-order valence-corrected chi connectivity index (χ1v) is 8.35. The number of amides is 1. The topological polar surface area (TPSA) is 64.4 Å². The van der Waals surface area contributed by atoms with Crippen LogP contribution in [0.3, 0.4) is 0 Å². The van der Waals surface area contributed by atoms with E-state index in [0.717, 1.165) is 22.6 Å². The van der Waals surface area contributed by atoms with E-state index in [1.54, 1.807) is 20.1 Å². The van der Waals surface area contributed by atoms with Crippen molar-refractivity contribution >= 4 is 22.4 Å². The summed E-state index contributed by atoms with van der Waals surface area (Å²) in [6.45, 7) is 5.60. The molecule has 0 unspecified atom stereocenters. The largest absolute Gasteiger partial charge is 0.496 e. The maximum Gasteiger partial charge on any atom is 0.260 e. The van der Waals surface area contributed by atoms with Gasteiger partial charge in [-0.2, -0.15) is 0 Å². The molecule has 0 bridgehead atoms. The smallest absolute Gasteiger partial charge is 0.260 e. The molecule has 0 aliphatic heterocycles. The van der Waals surface area contributed by atoms with Gasteiger partial charge in [0.1, 0.15) is 17.3 Å². The Morgan fingerprint density at radius 1 is 1.25 bits per heavy atom. The molecular weight excluding hydrogens is 324 g/mol. The van der Waals surface area contributed by atoms with Gasteiger partial charge in [0.05, 0.1) is 18.4 Å². The molecule has 24 heavy (non-hydrogen) atoms. The molecule has 2 aromatic heterocycles. The van der Waals surface area contributed by atoms with E-state index < -0.39 is 0 Å². The summed E-state index contributed by atoms with van der Waals surface area (Å²) in [4.78, 5) is 16.9. The van der Waals surface area contributed by atoms with E-state index in [1.807, 2.05) is 37.4 Å². The number of hydrogen-bond donors (Lipinski definition) is 1. The molecular formula is C18H18N2O3S. The predicted molar refractivity (Wildman–Crippen MR) is 95.0 cm³/mol. The highest BCUT2D eigenvalue weighted by Crippen LogP contribution is 2.33. The molecule has 1 aromatic carbocycles. The zero-order chi connectivity index (χ0) is 17.3. The van der Waals surface area contributed by atoms with Crippen LogP contribution in [0.15, 0.2) is 34.1 Å². The number of aromatic nitrogens is 1. The van der Waals surface area contributed by atoms with E-state index in [1.165, 1.54) is 11.3 Å². The average molecular weight is 342 g/mol. The fourth-order valence-corrected chi connectivity index (χ4v) is 3.20. The molecule has 0 spiro atoms. The summed E-state index contributed by atoms with van der Waals surface area (Å²) >= 11 is 1.38. The summed E-state index contributed by atoms with van der Waals surface area (Å²) in [5.74, 6) is 1.84. The van der Waals surface area contributed by atoms with E-state index in [9.17, 15) is 4.79 Å². The number of hydrogen-bond acceptors (Lipinski definition) is 5. The van der Waals surface area contributed by atoms with E-state index in [0.29, 0.717) is 22.2 Å². The number of nitrogens with zero attached hydrogens (tertiary/aromatic N) is 1. The fraction of sp³-hybridized carbons (Fsp3) is 0.222. The molecule has 0 atom stereocenters. The van der Waals surface area contributed by atoms with Crippen molar-refractivity contribution in [1.82, 2.24) is 4.98 Å². The molecule has 0 saturated carbocycles. The highest BCUT2D eigenvalue weighted by molar-refractivity contribution is 7.14. The van der Waals surface area contributed by atoms with Crippen LogP contribution in [0, 0.1) is 20.8 Å². The minimum absolute atomic E-state index is 0.221. The monoisotopic (exact) mass is 342 g/mol. The zero-order valence-electron chi connectivity index (χ0n) is 14.0. The van der Waals surface area contributed by atoms with Gasteiger partial charge in [0, 0.05) is 10.9 Å². The Balaban J connectivity index is 1.85. The number of methoxy groups -OCH3 is 1. The number of carbonyl (C=O) groups is 1. The number of nitrogens with one attached hydrogen (secondary N) is 1. The first kappa shape index (κ1) is 16.3. The van der Waals surface area contributed by atoms with Crippen LogP contribution in [0.5, 0.6) is 5.75 Å². The number of ether oxygens (including phenoxy) is 1. The SMILES string of the molecule is COc1ccc(C)cc1-c1csc(NC(=O)c2cc(C)oc2C)n1. The maximum absolute atomic E-state index is 12.3. The second kappa shape index (κ2) is 6.49. The summed E-state index contributed by atoms with van der Waals surface area (Å²) < 4.78 is 10.8. The van der Waals surface area contributed by atoms with Gasteiger partial charge < -0.3 is 9.15 Å². The van der Waals surface area contributed by atoms with Crippen molar-refractivity contribution in [2.45, 2.75) is 20.8 Å². The summed E-state index contributed by atoms with van der Waals surface area (Å²) in [6, 6.07) is 7.65. The standard InChI is InChI=1S/C18H18N2O3S/c1-10-5-6-16(22-4)14(7-10)15-9-24-18(19-15)20-17(21)13-8-11(2)23-12(13)3/h5-9H,1-4H3,(H,19,20,21). The van der Waals surface area contributed by atoms with Gasteiger partial charge in [-0.25, -0.2) is 4.98 Å². The lowest BCUT2D eigenvalue weighted by Crippen LogP contribution is -2.11. The van der Waals surface area contributed by atoms with E-state index in [-0.39, 0.29) is 5.91 Å². The molecule has 124 valence electrons. The van der Waals surface area contributed by atoms with Crippen molar-refractivity contribution in [2.75, 3.05) is 12.4 Å². The van der Waals surface area contributed by atoms with Crippen LogP contribution in [-0.2, 0) is 0 Å². The molecule has 1 amide bonds. The van der Waals surface area contributed by atoms with Crippen LogP contribution >= 0.6 is 11.3 Å². The van der Waals surface area contributed by atoms with Gasteiger partial charge in [-0.15, -0.1) is 11.3 Å². The molecule has 0 fully saturated rings. The third kappa shape index (κ3) is 3.19. The van der Waals surface area contributed by atoms with Crippen LogP contribution in [0.1, 0.15) is 27.4 Å². The molecule has 1 N–H and O–H groups in total. The molecule has 0 radical (unpaired) electrons. The Morgan fingerprint density at radius 2 is 2.04 bits per heavy atom. The molecule has 2 heterocycles. The third-order valence-electron chi connectivity index (χ3n) is 3.64. The summed E-state index contributed by atoms with van der Waals surface area (Å²) in [5.41, 5.74) is 3.33. The highest BCUT2D eigenvalue weighted by atomic mass is 32.1. The second-order valence-electron chi connectivity index (χ2n) is 5.52. The van der Waals surface area contributed by atoms with Crippen molar-refractivity contribution in [2.24, 2.45) is 0 Å². The van der Waals surface area contributed by atoms with Crippen molar-refractivity contribution in [3.8, 4) is 17.0 Å². The van der Waals surface area contributed by atoms with Crippen molar-refractivity contribution in [1.29, 1.82) is 0 Å². The summed E-state index contributed by atoms with van der Waals surface area (Å²) in [7, 11) is 1.63. The maximum atomic E-state index is 12.3. The number of furan rings is 1. The molecule has 3 rings (SSSR count). The average Bonchev–Trinajstić information content (AvgIpc) is 3.13. The van der Waals surface area contributed by atoms with E-state index >= 15 is 0 Å². The number of thiazole rings is 1.